The van der Waals surface area contributed by atoms with Crippen LogP contribution in [0.4, 0.5) is 0 Å². The highest BCUT2D eigenvalue weighted by Gasteiger charge is 2.36. The summed E-state index contributed by atoms with van der Waals surface area (Å²) in [6.07, 6.45) is 12.6. The lowest BCUT2D eigenvalue weighted by atomic mass is 9.79. The van der Waals surface area contributed by atoms with Crippen molar-refractivity contribution in [2.45, 2.75) is 70.5 Å². The van der Waals surface area contributed by atoms with Crippen LogP contribution in [-0.2, 0) is 4.74 Å². The molecule has 0 saturated heterocycles. The molecule has 0 radical (unpaired) electrons. The molecule has 1 nitrogen and oxygen atoms in total. The lowest BCUT2D eigenvalue weighted by molar-refractivity contribution is -0.0759. The Balaban J connectivity index is 1.33. The summed E-state index contributed by atoms with van der Waals surface area (Å²) in [5.41, 5.74) is 0. The van der Waals surface area contributed by atoms with E-state index in [4.69, 9.17) is 4.74 Å². The van der Waals surface area contributed by atoms with Crippen molar-refractivity contribution in [1.82, 2.24) is 0 Å². The maximum Gasteiger partial charge on any atom is 0.0584 e. The smallest absolute Gasteiger partial charge is 0.0584 e. The van der Waals surface area contributed by atoms with Crippen LogP contribution < -0.4 is 0 Å². The third kappa shape index (κ3) is 2.55. The van der Waals surface area contributed by atoms with Crippen molar-refractivity contribution in [3.63, 3.8) is 0 Å². The van der Waals surface area contributed by atoms with E-state index < -0.39 is 0 Å². The summed E-state index contributed by atoms with van der Waals surface area (Å²) in [6.45, 7) is 2.36. The Labute approximate surface area is 93.6 Å². The first kappa shape index (κ1) is 10.1. The summed E-state index contributed by atoms with van der Waals surface area (Å²) in [7, 11) is 0. The quantitative estimate of drug-likeness (QED) is 0.683. The highest BCUT2D eigenvalue weighted by Crippen LogP contribution is 2.44. The van der Waals surface area contributed by atoms with Gasteiger partial charge in [-0.25, -0.2) is 0 Å². The molecule has 0 aliphatic heterocycles. The van der Waals surface area contributed by atoms with E-state index in [0.29, 0.717) is 12.2 Å². The van der Waals surface area contributed by atoms with Crippen LogP contribution in [0, 0.1) is 17.8 Å². The molecule has 0 spiro atoms. The predicted molar refractivity (Wildman–Crippen MR) is 61.7 cm³/mol. The maximum atomic E-state index is 6.15. The van der Waals surface area contributed by atoms with Crippen LogP contribution in [0.25, 0.3) is 0 Å². The molecule has 0 aromatic rings. The summed E-state index contributed by atoms with van der Waals surface area (Å²) in [6, 6.07) is 0. The van der Waals surface area contributed by atoms with Gasteiger partial charge in [-0.2, -0.15) is 0 Å². The van der Waals surface area contributed by atoms with Gasteiger partial charge in [0.05, 0.1) is 12.2 Å². The van der Waals surface area contributed by atoms with Crippen LogP contribution in [0.2, 0.25) is 0 Å². The molecule has 3 rings (SSSR count). The standard InChI is InChI=1S/C14H24O/c1-10-2-5-13(6-10)15-14-8-12(9-14)7-11-3-4-11/h10-14H,2-9H2,1H3. The maximum absolute atomic E-state index is 6.15. The SMILES string of the molecule is CC1CCC(OC2CC(CC3CC3)C2)C1. The van der Waals surface area contributed by atoms with Crippen LogP contribution in [0.3, 0.4) is 0 Å². The van der Waals surface area contributed by atoms with Gasteiger partial charge in [-0.05, 0) is 56.3 Å². The molecule has 3 fully saturated rings. The molecule has 3 saturated carbocycles. The molecule has 0 bridgehead atoms. The highest BCUT2D eigenvalue weighted by molar-refractivity contribution is 4.87. The van der Waals surface area contributed by atoms with Crippen molar-refractivity contribution in [3.8, 4) is 0 Å². The van der Waals surface area contributed by atoms with Crippen molar-refractivity contribution in [2.75, 3.05) is 0 Å². The summed E-state index contributed by atoms with van der Waals surface area (Å²) in [5.74, 6) is 3.06. The number of hydrogen-bond donors (Lipinski definition) is 0. The second-order valence-corrected chi connectivity index (χ2v) is 6.31. The third-order valence-corrected chi connectivity index (χ3v) is 4.59. The van der Waals surface area contributed by atoms with Crippen molar-refractivity contribution >= 4 is 0 Å². The van der Waals surface area contributed by atoms with Crippen molar-refractivity contribution < 1.29 is 4.74 Å². The van der Waals surface area contributed by atoms with Crippen LogP contribution in [0.15, 0.2) is 0 Å². The molecule has 0 aromatic heterocycles. The number of rotatable bonds is 4. The van der Waals surface area contributed by atoms with E-state index in [2.05, 4.69) is 6.92 Å². The molecule has 0 N–H and O–H groups in total. The Morgan fingerprint density at radius 3 is 2.27 bits per heavy atom. The summed E-state index contributed by atoms with van der Waals surface area (Å²) >= 11 is 0. The minimum absolute atomic E-state index is 0.617. The molecular weight excluding hydrogens is 184 g/mol. The van der Waals surface area contributed by atoms with Crippen molar-refractivity contribution in [2.24, 2.45) is 17.8 Å². The lowest BCUT2D eigenvalue weighted by Gasteiger charge is -2.37. The Morgan fingerprint density at radius 1 is 0.867 bits per heavy atom. The number of hydrogen-bond acceptors (Lipinski definition) is 1. The molecule has 15 heavy (non-hydrogen) atoms. The van der Waals surface area contributed by atoms with E-state index in [1.807, 2.05) is 0 Å². The van der Waals surface area contributed by atoms with Gasteiger partial charge in [-0.1, -0.05) is 19.8 Å². The van der Waals surface area contributed by atoms with Gasteiger partial charge >= 0.3 is 0 Å². The zero-order chi connectivity index (χ0) is 10.3. The van der Waals surface area contributed by atoms with E-state index in [1.54, 1.807) is 0 Å². The van der Waals surface area contributed by atoms with E-state index in [9.17, 15) is 0 Å². The minimum Gasteiger partial charge on any atom is -0.375 e. The summed E-state index contributed by atoms with van der Waals surface area (Å²) < 4.78 is 6.15. The van der Waals surface area contributed by atoms with Gasteiger partial charge in [0.15, 0.2) is 0 Å². The zero-order valence-corrected chi connectivity index (χ0v) is 9.95. The summed E-state index contributed by atoms with van der Waals surface area (Å²) in [4.78, 5) is 0. The van der Waals surface area contributed by atoms with Gasteiger partial charge in [0.25, 0.3) is 0 Å². The van der Waals surface area contributed by atoms with Crippen LogP contribution in [-0.4, -0.2) is 12.2 Å². The first-order valence-electron chi connectivity index (χ1n) is 6.95. The third-order valence-electron chi connectivity index (χ3n) is 4.59. The Hall–Kier alpha value is -0.0400. The Kier molecular flexibility index (Phi) is 2.76. The topological polar surface area (TPSA) is 9.23 Å². The fourth-order valence-corrected chi connectivity index (χ4v) is 3.35. The van der Waals surface area contributed by atoms with Crippen molar-refractivity contribution in [1.29, 1.82) is 0 Å². The molecule has 2 atom stereocenters. The van der Waals surface area contributed by atoms with E-state index in [-0.39, 0.29) is 0 Å². The minimum atomic E-state index is 0.617. The van der Waals surface area contributed by atoms with Crippen LogP contribution >= 0.6 is 0 Å². The van der Waals surface area contributed by atoms with Gasteiger partial charge in [0.1, 0.15) is 0 Å². The molecule has 86 valence electrons. The van der Waals surface area contributed by atoms with Crippen LogP contribution in [0.1, 0.15) is 58.3 Å². The second kappa shape index (κ2) is 4.08. The molecule has 3 aliphatic carbocycles. The van der Waals surface area contributed by atoms with E-state index in [0.717, 1.165) is 17.8 Å². The average Bonchev–Trinajstić information content (AvgIpc) is 2.86. The zero-order valence-electron chi connectivity index (χ0n) is 9.95. The molecule has 0 amide bonds. The molecule has 0 aromatic carbocycles. The largest absolute Gasteiger partial charge is 0.375 e. The fourth-order valence-electron chi connectivity index (χ4n) is 3.35. The van der Waals surface area contributed by atoms with E-state index >= 15 is 0 Å². The normalized spacial score (nSPS) is 45.4. The molecular formula is C14H24O. The van der Waals surface area contributed by atoms with Crippen LogP contribution in [0.5, 0.6) is 0 Å². The molecule has 2 unspecified atom stereocenters. The predicted octanol–water partition coefficient (Wildman–Crippen LogP) is 3.77. The number of ether oxygens (including phenoxy) is 1. The van der Waals surface area contributed by atoms with Gasteiger partial charge in [-0.15, -0.1) is 0 Å². The molecule has 3 aliphatic rings. The lowest BCUT2D eigenvalue weighted by Crippen LogP contribution is -2.34. The van der Waals surface area contributed by atoms with Gasteiger partial charge in [0.2, 0.25) is 0 Å². The fraction of sp³-hybridized carbons (Fsp3) is 1.00. The van der Waals surface area contributed by atoms with Gasteiger partial charge in [0, 0.05) is 0 Å². The van der Waals surface area contributed by atoms with Gasteiger partial charge < -0.3 is 4.74 Å². The first-order valence-corrected chi connectivity index (χ1v) is 6.95. The Morgan fingerprint density at radius 2 is 1.67 bits per heavy atom. The summed E-state index contributed by atoms with van der Waals surface area (Å²) in [5, 5.41) is 0. The molecule has 1 heteroatoms. The molecule has 0 heterocycles. The monoisotopic (exact) mass is 208 g/mol. The van der Waals surface area contributed by atoms with E-state index in [1.165, 1.54) is 51.4 Å². The highest BCUT2D eigenvalue weighted by atomic mass is 16.5. The average molecular weight is 208 g/mol. The second-order valence-electron chi connectivity index (χ2n) is 6.31. The van der Waals surface area contributed by atoms with Crippen molar-refractivity contribution in [3.05, 3.63) is 0 Å². The van der Waals surface area contributed by atoms with Gasteiger partial charge in [-0.3, -0.25) is 0 Å². The Bertz CT molecular complexity index is 215. The first-order chi connectivity index (χ1) is 7.29.